The van der Waals surface area contributed by atoms with Gasteiger partial charge in [-0.15, -0.1) is 45.3 Å². The van der Waals surface area contributed by atoms with Crippen LogP contribution in [0.3, 0.4) is 0 Å². The van der Waals surface area contributed by atoms with Gasteiger partial charge < -0.3 is 0 Å². The highest BCUT2D eigenvalue weighted by atomic mass is 32.1. The van der Waals surface area contributed by atoms with E-state index in [4.69, 9.17) is 17.5 Å². The van der Waals surface area contributed by atoms with Gasteiger partial charge in [0.25, 0.3) is 0 Å². The van der Waals surface area contributed by atoms with Gasteiger partial charge in [-0.3, -0.25) is 0 Å². The van der Waals surface area contributed by atoms with Crippen molar-refractivity contribution >= 4 is 90.8 Å². The van der Waals surface area contributed by atoms with Gasteiger partial charge in [-0.1, -0.05) is 158 Å². The summed E-state index contributed by atoms with van der Waals surface area (Å²) in [6.07, 6.45) is 25.5. The summed E-state index contributed by atoms with van der Waals surface area (Å²) in [7, 11) is 0. The van der Waals surface area contributed by atoms with Crippen LogP contribution in [0.4, 0.5) is 11.4 Å². The number of nitrogens with zero attached hydrogens (tertiary/aromatic N) is 4. The molecule has 0 saturated carbocycles. The molecule has 0 bridgehead atoms. The maximum Gasteiger partial charge on any atom is 0.116 e. The van der Waals surface area contributed by atoms with Crippen molar-refractivity contribution in [1.82, 2.24) is 8.75 Å². The lowest BCUT2D eigenvalue weighted by atomic mass is 9.65. The quantitative estimate of drug-likeness (QED) is 0.0543. The third-order valence-corrected chi connectivity index (χ3v) is 21.9. The Labute approximate surface area is 421 Å². The van der Waals surface area contributed by atoms with E-state index in [0.717, 1.165) is 33.5 Å². The summed E-state index contributed by atoms with van der Waals surface area (Å²) < 4.78 is 20.9. The molecule has 0 fully saturated rings. The average molecular weight is 996 g/mol. The van der Waals surface area contributed by atoms with Gasteiger partial charge in [-0.05, 0) is 107 Å². The molecular formula is C56H74N4S6. The predicted molar refractivity (Wildman–Crippen MR) is 295 cm³/mol. The molecule has 5 aromatic heterocycles. The van der Waals surface area contributed by atoms with Crippen molar-refractivity contribution in [2.75, 3.05) is 0 Å². The fourth-order valence-electron chi connectivity index (χ4n) is 12.6. The maximum atomic E-state index is 5.22. The molecule has 6 heterocycles. The van der Waals surface area contributed by atoms with E-state index in [1.54, 1.807) is 22.3 Å². The highest BCUT2D eigenvalue weighted by Crippen LogP contribution is 2.65. The average Bonchev–Trinajstić information content (AvgIpc) is 4.19. The normalized spacial score (nSPS) is 19.8. The van der Waals surface area contributed by atoms with Crippen LogP contribution in [0.2, 0.25) is 0 Å². The zero-order valence-corrected chi connectivity index (χ0v) is 46.1. The fourth-order valence-corrected chi connectivity index (χ4v) is 18.7. The predicted octanol–water partition coefficient (Wildman–Crippen LogP) is 21.0. The van der Waals surface area contributed by atoms with Crippen LogP contribution in [0, 0.1) is 23.7 Å². The second-order valence-corrected chi connectivity index (χ2v) is 25.3. The Morgan fingerprint density at radius 1 is 0.470 bits per heavy atom. The lowest BCUT2D eigenvalue weighted by Gasteiger charge is -2.37. The van der Waals surface area contributed by atoms with Gasteiger partial charge in [-0.25, -0.2) is 0 Å². The second kappa shape index (κ2) is 21.3. The molecule has 0 radical (unpaired) electrons. The Balaban J connectivity index is 1.18. The molecule has 0 saturated heterocycles. The van der Waals surface area contributed by atoms with Crippen LogP contribution >= 0.6 is 57.1 Å². The molecule has 0 spiro atoms. The summed E-state index contributed by atoms with van der Waals surface area (Å²) in [6.45, 7) is 19.2. The number of fused-ring (bicyclic) bond motifs is 8. The van der Waals surface area contributed by atoms with E-state index < -0.39 is 0 Å². The lowest BCUT2D eigenvalue weighted by Crippen LogP contribution is -2.31. The smallest absolute Gasteiger partial charge is 0.116 e. The van der Waals surface area contributed by atoms with Crippen molar-refractivity contribution in [3.05, 3.63) is 57.3 Å². The minimum absolute atomic E-state index is 0.0341. The molecule has 6 aromatic rings. The first-order valence-corrected chi connectivity index (χ1v) is 31.0. The van der Waals surface area contributed by atoms with Crippen molar-refractivity contribution in [2.24, 2.45) is 32.4 Å². The SMILES string of the molecule is CCCCC(CC)CC1(CC(CC)CCCC)c2ccsc2-c2sc(-c3c4c(c(-c5cc6c(s5)-c5sccc5C6(CC(CC)CCCC)CC(CC)CCCC)c5nsnc35)N=S=N4)cc21. The molecule has 1 aliphatic heterocycles. The zero-order chi connectivity index (χ0) is 46.0. The van der Waals surface area contributed by atoms with Crippen molar-refractivity contribution in [3.63, 3.8) is 0 Å². The van der Waals surface area contributed by atoms with Gasteiger partial charge in [0.15, 0.2) is 0 Å². The Kier molecular flexibility index (Phi) is 15.7. The highest BCUT2D eigenvalue weighted by molar-refractivity contribution is 7.58. The number of rotatable bonds is 26. The van der Waals surface area contributed by atoms with Crippen molar-refractivity contribution in [1.29, 1.82) is 0 Å². The van der Waals surface area contributed by atoms with Gasteiger partial charge in [0.1, 0.15) is 22.4 Å². The molecule has 9 rings (SSSR count). The summed E-state index contributed by atoms with van der Waals surface area (Å²) in [4.78, 5) is 8.60. The van der Waals surface area contributed by atoms with Crippen molar-refractivity contribution in [3.8, 4) is 40.4 Å². The summed E-state index contributed by atoms with van der Waals surface area (Å²) >= 11 is 10.6. The number of benzene rings is 1. The molecular weight excluding hydrogens is 921 g/mol. The monoisotopic (exact) mass is 994 g/mol. The van der Waals surface area contributed by atoms with Gasteiger partial charge in [-0.2, -0.15) is 17.5 Å². The fraction of sp³-hybridized carbons (Fsp3) is 0.607. The van der Waals surface area contributed by atoms with Crippen LogP contribution in [0.1, 0.15) is 206 Å². The Morgan fingerprint density at radius 2 is 0.833 bits per heavy atom. The molecule has 10 heteroatoms. The van der Waals surface area contributed by atoms with Crippen LogP contribution in [-0.4, -0.2) is 8.75 Å². The standard InChI is InChI=1S/C56H74N4S6/c1-9-17-21-35(13-5)31-55(32-36(14-6)22-18-10-2)39-25-27-61-51(39)53-41(55)29-43(63-53)45-47-49(59-65-57-47)46(50-48(45)58-66-60-50)44-30-42-54(64-44)52-40(26-28-62-52)56(42,33-37(15-7)23-19-11-3)34-38(16-8)24-20-12-4/h25-30,35-38H,9-24,31-34H2,1-8H3. The van der Waals surface area contributed by atoms with Crippen LogP contribution in [0.25, 0.3) is 51.4 Å². The van der Waals surface area contributed by atoms with E-state index in [1.165, 1.54) is 181 Å². The maximum absolute atomic E-state index is 5.22. The zero-order valence-electron chi connectivity index (χ0n) is 41.2. The summed E-state index contributed by atoms with van der Waals surface area (Å²) in [5.74, 6) is 2.85. The van der Waals surface area contributed by atoms with E-state index in [-0.39, 0.29) is 10.8 Å². The van der Waals surface area contributed by atoms with E-state index in [0.29, 0.717) is 23.7 Å². The molecule has 3 aliphatic rings. The van der Waals surface area contributed by atoms with Gasteiger partial charge in [0, 0.05) is 51.2 Å². The molecule has 0 N–H and O–H groups in total. The Bertz CT molecular complexity index is 2450. The van der Waals surface area contributed by atoms with Crippen molar-refractivity contribution in [2.45, 2.75) is 195 Å². The molecule has 2 aliphatic carbocycles. The topological polar surface area (TPSA) is 50.5 Å². The van der Waals surface area contributed by atoms with Crippen molar-refractivity contribution < 1.29 is 0 Å². The molecule has 4 atom stereocenters. The molecule has 66 heavy (non-hydrogen) atoms. The van der Waals surface area contributed by atoms with E-state index in [1.807, 2.05) is 45.3 Å². The number of hydrogen-bond acceptors (Lipinski definition) is 9. The second-order valence-electron chi connectivity index (χ2n) is 20.4. The third kappa shape index (κ3) is 8.68. The number of hydrogen-bond donors (Lipinski definition) is 0. The van der Waals surface area contributed by atoms with Gasteiger partial charge >= 0.3 is 0 Å². The minimum atomic E-state index is 0.0341. The van der Waals surface area contributed by atoms with E-state index in [2.05, 4.69) is 90.4 Å². The van der Waals surface area contributed by atoms with Crippen LogP contribution in [0.5, 0.6) is 0 Å². The first kappa shape index (κ1) is 48.7. The minimum Gasteiger partial charge on any atom is -0.172 e. The first-order valence-electron chi connectivity index (χ1n) is 26.2. The lowest BCUT2D eigenvalue weighted by molar-refractivity contribution is 0.266. The van der Waals surface area contributed by atoms with Crippen LogP contribution in [0.15, 0.2) is 43.8 Å². The molecule has 4 nitrogen and oxygen atoms in total. The molecule has 0 amide bonds. The summed E-state index contributed by atoms with van der Waals surface area (Å²) in [6, 6.07) is 10.3. The Hall–Kier alpha value is -2.34. The summed E-state index contributed by atoms with van der Waals surface area (Å²) in [5.41, 5.74) is 12.8. The molecule has 354 valence electrons. The largest absolute Gasteiger partial charge is 0.172 e. The number of thiophene rings is 4. The number of aromatic nitrogens is 2. The van der Waals surface area contributed by atoms with Crippen LogP contribution in [-0.2, 0) is 22.2 Å². The number of unbranched alkanes of at least 4 members (excludes halogenated alkanes) is 4. The first-order chi connectivity index (χ1) is 32.3. The third-order valence-electron chi connectivity index (χ3n) is 16.4. The summed E-state index contributed by atoms with van der Waals surface area (Å²) in [5, 5.41) is 4.77. The van der Waals surface area contributed by atoms with Gasteiger partial charge in [0.2, 0.25) is 0 Å². The highest BCUT2D eigenvalue weighted by Gasteiger charge is 2.49. The van der Waals surface area contributed by atoms with Crippen LogP contribution < -0.4 is 0 Å². The molecule has 1 aromatic carbocycles. The van der Waals surface area contributed by atoms with E-state index >= 15 is 0 Å². The molecule has 4 unspecified atom stereocenters. The Morgan fingerprint density at radius 3 is 1.17 bits per heavy atom. The van der Waals surface area contributed by atoms with E-state index in [9.17, 15) is 0 Å². The van der Waals surface area contributed by atoms with Gasteiger partial charge in [0.05, 0.1) is 23.1 Å².